The summed E-state index contributed by atoms with van der Waals surface area (Å²) in [7, 11) is 0. The fourth-order valence-corrected chi connectivity index (χ4v) is 7.46. The van der Waals surface area contributed by atoms with Gasteiger partial charge in [0.05, 0.1) is 0 Å². The van der Waals surface area contributed by atoms with Gasteiger partial charge in [0.25, 0.3) is 0 Å². The third-order valence-electron chi connectivity index (χ3n) is 9.59. The van der Waals surface area contributed by atoms with E-state index in [0.717, 1.165) is 89.9 Å². The lowest BCUT2D eigenvalue weighted by molar-refractivity contribution is -0.177. The molecule has 1 aromatic carbocycles. The lowest BCUT2D eigenvalue weighted by Gasteiger charge is -2.50. The van der Waals surface area contributed by atoms with Gasteiger partial charge in [0.2, 0.25) is 0 Å². The molecular formula is C33H53FO2. The first-order valence-electron chi connectivity index (χ1n) is 15.5. The van der Waals surface area contributed by atoms with Gasteiger partial charge in [0, 0.05) is 0 Å². The summed E-state index contributed by atoms with van der Waals surface area (Å²) in [5, 5.41) is 11.0. The Hall–Kier alpha value is -1.38. The average Bonchev–Trinajstić information content (AvgIpc) is 2.83. The van der Waals surface area contributed by atoms with Gasteiger partial charge in [0.15, 0.2) is 5.67 Å². The van der Waals surface area contributed by atoms with Gasteiger partial charge in [-0.3, -0.25) is 4.79 Å². The van der Waals surface area contributed by atoms with E-state index in [9.17, 15) is 9.90 Å². The Morgan fingerprint density at radius 3 is 2.11 bits per heavy atom. The van der Waals surface area contributed by atoms with Gasteiger partial charge in [0.1, 0.15) is 5.41 Å². The quantitative estimate of drug-likeness (QED) is 0.307. The first-order chi connectivity index (χ1) is 17.5. The Bertz CT molecular complexity index is 766. The highest BCUT2D eigenvalue weighted by Gasteiger charge is 2.62. The van der Waals surface area contributed by atoms with Crippen LogP contribution < -0.4 is 0 Å². The van der Waals surface area contributed by atoms with Crippen LogP contribution in [0, 0.1) is 17.3 Å². The van der Waals surface area contributed by atoms with Crippen LogP contribution in [0.5, 0.6) is 0 Å². The molecule has 36 heavy (non-hydrogen) atoms. The Balaban J connectivity index is 2.03. The normalized spacial score (nSPS) is 28.6. The van der Waals surface area contributed by atoms with E-state index in [1.54, 1.807) is 0 Å². The molecular weight excluding hydrogens is 447 g/mol. The standard InChI is InChI=1S/C33H53FO2/c1-3-5-10-16-27-21-23-30(24-22-27)33(34)26-28(17-11-6-4-2)18-14-15-25-32(33,31(35)36)29-19-12-8-7-9-13-20-29/h21-24,28-29H,3-20,25-26H2,1-2H3,(H,35,36). The monoisotopic (exact) mass is 500 g/mol. The van der Waals surface area contributed by atoms with Crippen LogP contribution in [-0.2, 0) is 16.9 Å². The minimum absolute atomic E-state index is 0.0843. The van der Waals surface area contributed by atoms with E-state index >= 15 is 4.39 Å². The number of benzene rings is 1. The van der Waals surface area contributed by atoms with E-state index in [4.69, 9.17) is 0 Å². The summed E-state index contributed by atoms with van der Waals surface area (Å²) in [6.07, 6.45) is 20.1. The van der Waals surface area contributed by atoms with Crippen molar-refractivity contribution >= 4 is 5.97 Å². The van der Waals surface area contributed by atoms with Crippen LogP contribution in [0.3, 0.4) is 0 Å². The van der Waals surface area contributed by atoms with E-state index in [1.807, 2.05) is 12.1 Å². The number of alkyl halides is 1. The maximum atomic E-state index is 18.2. The Morgan fingerprint density at radius 2 is 1.47 bits per heavy atom. The number of carbonyl (C=O) groups is 1. The third kappa shape index (κ3) is 6.93. The Kier molecular flexibility index (Phi) is 11.8. The molecule has 2 aliphatic carbocycles. The number of hydrogen-bond donors (Lipinski definition) is 1. The van der Waals surface area contributed by atoms with Gasteiger partial charge in [-0.1, -0.05) is 128 Å². The van der Waals surface area contributed by atoms with Crippen molar-refractivity contribution in [3.05, 3.63) is 35.4 Å². The van der Waals surface area contributed by atoms with Gasteiger partial charge in [-0.05, 0) is 61.5 Å². The molecule has 0 bridgehead atoms. The van der Waals surface area contributed by atoms with Crippen molar-refractivity contribution in [2.45, 2.75) is 148 Å². The molecule has 2 fully saturated rings. The van der Waals surface area contributed by atoms with Crippen LogP contribution in [0.25, 0.3) is 0 Å². The van der Waals surface area contributed by atoms with Crippen LogP contribution in [-0.4, -0.2) is 11.1 Å². The fraction of sp³-hybridized carbons (Fsp3) is 0.788. The predicted molar refractivity (Wildman–Crippen MR) is 149 cm³/mol. The van der Waals surface area contributed by atoms with E-state index < -0.39 is 17.1 Å². The molecule has 0 aliphatic heterocycles. The lowest BCUT2D eigenvalue weighted by atomic mass is 9.54. The molecule has 1 N–H and O–H groups in total. The number of unbranched alkanes of at least 4 members (excludes halogenated alkanes) is 4. The first-order valence-corrected chi connectivity index (χ1v) is 15.5. The van der Waals surface area contributed by atoms with E-state index in [2.05, 4.69) is 26.0 Å². The number of hydrogen-bond acceptors (Lipinski definition) is 1. The lowest BCUT2D eigenvalue weighted by Crippen LogP contribution is -2.54. The van der Waals surface area contributed by atoms with E-state index in [1.165, 1.54) is 31.2 Å². The topological polar surface area (TPSA) is 37.3 Å². The summed E-state index contributed by atoms with van der Waals surface area (Å²) >= 11 is 0. The fourth-order valence-electron chi connectivity index (χ4n) is 7.46. The van der Waals surface area contributed by atoms with Crippen molar-refractivity contribution < 1.29 is 14.3 Å². The van der Waals surface area contributed by atoms with Crippen LogP contribution in [0.2, 0.25) is 0 Å². The molecule has 3 unspecified atom stereocenters. The Morgan fingerprint density at radius 1 is 0.861 bits per heavy atom. The number of rotatable bonds is 11. The molecule has 0 spiro atoms. The van der Waals surface area contributed by atoms with Crippen molar-refractivity contribution in [2.75, 3.05) is 0 Å². The molecule has 3 atom stereocenters. The van der Waals surface area contributed by atoms with Crippen molar-refractivity contribution in [1.82, 2.24) is 0 Å². The summed E-state index contributed by atoms with van der Waals surface area (Å²) in [5.74, 6) is -0.700. The number of carboxylic acids is 1. The molecule has 2 aliphatic rings. The molecule has 3 rings (SSSR count). The summed E-state index contributed by atoms with van der Waals surface area (Å²) in [5.41, 5.74) is -1.26. The molecule has 0 radical (unpaired) electrons. The highest BCUT2D eigenvalue weighted by atomic mass is 19.1. The van der Waals surface area contributed by atoms with Gasteiger partial charge >= 0.3 is 5.97 Å². The smallest absolute Gasteiger partial charge is 0.313 e. The second kappa shape index (κ2) is 14.5. The summed E-state index contributed by atoms with van der Waals surface area (Å²) in [6.45, 7) is 4.42. The SMILES string of the molecule is CCCCCc1ccc(C2(F)CC(CCCCC)CCCCC2(C(=O)O)C2CCCCCCC2)cc1. The zero-order valence-electron chi connectivity index (χ0n) is 23.3. The van der Waals surface area contributed by atoms with Crippen molar-refractivity contribution in [3.63, 3.8) is 0 Å². The zero-order chi connectivity index (χ0) is 25.9. The first kappa shape index (κ1) is 29.2. The summed E-state index contributed by atoms with van der Waals surface area (Å²) in [6, 6.07) is 8.10. The molecule has 2 saturated carbocycles. The molecule has 0 heterocycles. The maximum Gasteiger partial charge on any atom is 0.313 e. The predicted octanol–water partition coefficient (Wildman–Crippen LogP) is 10.2. The van der Waals surface area contributed by atoms with E-state index in [-0.39, 0.29) is 11.8 Å². The Labute approximate surface area is 220 Å². The highest BCUT2D eigenvalue weighted by molar-refractivity contribution is 5.77. The third-order valence-corrected chi connectivity index (χ3v) is 9.59. The summed E-state index contributed by atoms with van der Waals surface area (Å²) < 4.78 is 18.2. The molecule has 204 valence electrons. The van der Waals surface area contributed by atoms with Crippen LogP contribution in [0.1, 0.15) is 147 Å². The van der Waals surface area contributed by atoms with Crippen LogP contribution in [0.4, 0.5) is 4.39 Å². The van der Waals surface area contributed by atoms with Crippen molar-refractivity contribution in [3.8, 4) is 0 Å². The molecule has 3 heteroatoms. The minimum atomic E-state index is -1.82. The average molecular weight is 501 g/mol. The van der Waals surface area contributed by atoms with Gasteiger partial charge in [-0.25, -0.2) is 4.39 Å². The number of halogens is 1. The molecule has 1 aromatic rings. The number of aliphatic carboxylic acids is 1. The second-order valence-corrected chi connectivity index (χ2v) is 12.1. The largest absolute Gasteiger partial charge is 0.481 e. The molecule has 0 saturated heterocycles. The summed E-state index contributed by atoms with van der Waals surface area (Å²) in [4.78, 5) is 13.4. The molecule has 0 amide bonds. The number of carboxylic acid groups (broad SMARTS) is 1. The van der Waals surface area contributed by atoms with Gasteiger partial charge in [-0.2, -0.15) is 0 Å². The van der Waals surface area contributed by atoms with Crippen LogP contribution in [0.15, 0.2) is 24.3 Å². The number of aryl methyl sites for hydroxylation is 1. The van der Waals surface area contributed by atoms with Crippen molar-refractivity contribution in [1.29, 1.82) is 0 Å². The molecule has 0 aromatic heterocycles. The second-order valence-electron chi connectivity index (χ2n) is 12.1. The minimum Gasteiger partial charge on any atom is -0.481 e. The van der Waals surface area contributed by atoms with Gasteiger partial charge < -0.3 is 5.11 Å². The van der Waals surface area contributed by atoms with Gasteiger partial charge in [-0.15, -0.1) is 0 Å². The maximum absolute atomic E-state index is 18.2. The van der Waals surface area contributed by atoms with Crippen LogP contribution >= 0.6 is 0 Å². The van der Waals surface area contributed by atoms with E-state index in [0.29, 0.717) is 18.4 Å². The highest BCUT2D eigenvalue weighted by Crippen LogP contribution is 2.59. The zero-order valence-corrected chi connectivity index (χ0v) is 23.3. The van der Waals surface area contributed by atoms with Crippen molar-refractivity contribution in [2.24, 2.45) is 17.3 Å². The molecule has 2 nitrogen and oxygen atoms in total.